The van der Waals surface area contributed by atoms with E-state index in [4.69, 9.17) is 14.7 Å². The first-order valence-corrected chi connectivity index (χ1v) is 12.5. The van der Waals surface area contributed by atoms with Gasteiger partial charge in [-0.25, -0.2) is 9.71 Å². The number of phenols is 1. The van der Waals surface area contributed by atoms with Crippen molar-refractivity contribution in [3.8, 4) is 11.7 Å². The van der Waals surface area contributed by atoms with Crippen LogP contribution in [0.2, 0.25) is 0 Å². The van der Waals surface area contributed by atoms with Gasteiger partial charge in [0.15, 0.2) is 17.7 Å². The van der Waals surface area contributed by atoms with Crippen LogP contribution in [0, 0.1) is 0 Å². The van der Waals surface area contributed by atoms with Crippen molar-refractivity contribution in [2.45, 2.75) is 31.1 Å². The number of ether oxygens (including phenoxy) is 1. The van der Waals surface area contributed by atoms with E-state index in [1.165, 1.54) is 41.4 Å². The monoisotopic (exact) mass is 563 g/mol. The Kier molecular flexibility index (Phi) is 6.84. The average molecular weight is 564 g/mol. The predicted octanol–water partition coefficient (Wildman–Crippen LogP) is -2.50. The van der Waals surface area contributed by atoms with Gasteiger partial charge >= 0.3 is 10.3 Å². The van der Waals surface area contributed by atoms with Gasteiger partial charge in [-0.2, -0.15) is 23.1 Å². The molecule has 0 aliphatic carbocycles. The molecule has 5 rings (SSSR count). The van der Waals surface area contributed by atoms with Gasteiger partial charge in [0.25, 0.3) is 11.9 Å². The lowest BCUT2D eigenvalue weighted by atomic mass is 10.1. The van der Waals surface area contributed by atoms with E-state index in [1.54, 1.807) is 4.72 Å². The molecule has 1 aromatic carbocycles. The van der Waals surface area contributed by atoms with Crippen LogP contribution >= 0.6 is 0 Å². The minimum atomic E-state index is -4.70. The molecule has 4 heterocycles. The van der Waals surface area contributed by atoms with Gasteiger partial charge in [0.2, 0.25) is 0 Å². The highest BCUT2D eigenvalue weighted by molar-refractivity contribution is 7.85. The van der Waals surface area contributed by atoms with Gasteiger partial charge in [-0.15, -0.1) is 5.10 Å². The number of hydrogen-bond acceptors (Lipinski definition) is 15. The fourth-order valence-corrected chi connectivity index (χ4v) is 4.51. The molecule has 4 unspecified atom stereocenters. The summed E-state index contributed by atoms with van der Waals surface area (Å²) in [5.74, 6) is -1.67. The Hall–Kier alpha value is -4.27. The number of hydrogen-bond donors (Lipinski definition) is 6. The number of fused-ring (bicyclic) bond motifs is 1. The van der Waals surface area contributed by atoms with Crippen LogP contribution in [0.5, 0.6) is 5.75 Å². The van der Waals surface area contributed by atoms with Crippen molar-refractivity contribution >= 4 is 33.2 Å². The maximum atomic E-state index is 12.3. The quantitative estimate of drug-likeness (QED) is 0.129. The van der Waals surface area contributed by atoms with Crippen molar-refractivity contribution in [3.63, 3.8) is 0 Å². The highest BCUT2D eigenvalue weighted by atomic mass is 32.2. The zero-order valence-electron chi connectivity index (χ0n) is 19.6. The smallest absolute Gasteiger partial charge is 0.362 e. The largest absolute Gasteiger partial charge is 0.507 e. The Morgan fingerprint density at radius 1 is 1.21 bits per heavy atom. The molecule has 1 amide bonds. The number of anilines is 1. The molecular weight excluding hydrogens is 542 g/mol. The number of carbonyl (C=O) groups is 1. The van der Waals surface area contributed by atoms with Crippen LogP contribution in [0.15, 0.2) is 36.8 Å². The van der Waals surface area contributed by atoms with E-state index < -0.39 is 53.1 Å². The first kappa shape index (κ1) is 26.3. The van der Waals surface area contributed by atoms with Crippen molar-refractivity contribution in [1.82, 2.24) is 39.2 Å². The number of aliphatic hydroxyl groups excluding tert-OH is 3. The van der Waals surface area contributed by atoms with Gasteiger partial charge in [-0.1, -0.05) is 17.3 Å². The van der Waals surface area contributed by atoms with Gasteiger partial charge in [-0.05, 0) is 12.1 Å². The number of nitrogens with zero attached hydrogens (tertiary/aromatic N) is 7. The number of benzene rings is 1. The summed E-state index contributed by atoms with van der Waals surface area (Å²) in [7, 11) is -4.70. The standard InChI is InChI=1S/C20H21N9O9S/c21-16-13-17(24-20(23-16)29-5-9(6-30)25-27-29)28(8-22-13)19-15(33)14(32)12(38-19)7-37-39(35,36)26-18(34)10-3-1-2-4-11(10)31/h1-5,8,12,14-15,19,30-33H,6-7H2,(H,26,34)(H2,21,23,24). The topological polar surface area (TPSA) is 263 Å². The second-order valence-electron chi connectivity index (χ2n) is 8.28. The molecule has 0 bridgehead atoms. The second-order valence-corrected chi connectivity index (χ2v) is 9.63. The number of carbonyl (C=O) groups excluding carboxylic acids is 1. The lowest BCUT2D eigenvalue weighted by Crippen LogP contribution is -2.37. The van der Waals surface area contributed by atoms with Crippen LogP contribution in [0.3, 0.4) is 0 Å². The number of nitrogens with two attached hydrogens (primary N) is 1. The fourth-order valence-electron chi connectivity index (χ4n) is 3.80. The number of para-hydroxylation sites is 1. The normalized spacial score (nSPS) is 21.4. The molecule has 39 heavy (non-hydrogen) atoms. The first-order valence-electron chi connectivity index (χ1n) is 11.1. The number of aromatic hydroxyl groups is 1. The molecule has 0 spiro atoms. The molecule has 1 fully saturated rings. The number of amides is 1. The molecule has 1 aliphatic heterocycles. The maximum Gasteiger partial charge on any atom is 0.362 e. The summed E-state index contributed by atoms with van der Waals surface area (Å²) in [6, 6.07) is 5.28. The lowest BCUT2D eigenvalue weighted by molar-refractivity contribution is -0.0468. The van der Waals surface area contributed by atoms with Gasteiger partial charge in [0.1, 0.15) is 35.3 Å². The molecule has 19 heteroatoms. The third-order valence-electron chi connectivity index (χ3n) is 5.71. The highest BCUT2D eigenvalue weighted by Gasteiger charge is 2.45. The number of imidazole rings is 1. The zero-order chi connectivity index (χ0) is 27.9. The van der Waals surface area contributed by atoms with E-state index in [2.05, 4.69) is 25.3 Å². The molecule has 18 nitrogen and oxygen atoms in total. The Morgan fingerprint density at radius 2 is 1.97 bits per heavy atom. The number of aliphatic hydroxyl groups is 3. The minimum absolute atomic E-state index is 0.0341. The highest BCUT2D eigenvalue weighted by Crippen LogP contribution is 2.32. The summed E-state index contributed by atoms with van der Waals surface area (Å²) >= 11 is 0. The molecule has 0 radical (unpaired) electrons. The molecule has 1 aliphatic rings. The van der Waals surface area contributed by atoms with Crippen LogP contribution < -0.4 is 10.5 Å². The van der Waals surface area contributed by atoms with Crippen molar-refractivity contribution in [1.29, 1.82) is 0 Å². The summed E-state index contributed by atoms with van der Waals surface area (Å²) in [6.45, 7) is -1.15. The van der Waals surface area contributed by atoms with Gasteiger partial charge in [0.05, 0.1) is 31.3 Å². The minimum Gasteiger partial charge on any atom is -0.507 e. The van der Waals surface area contributed by atoms with E-state index >= 15 is 0 Å². The third-order valence-corrected chi connectivity index (χ3v) is 6.59. The molecule has 4 atom stereocenters. The van der Waals surface area contributed by atoms with E-state index in [0.29, 0.717) is 0 Å². The predicted molar refractivity (Wildman–Crippen MR) is 127 cm³/mol. The van der Waals surface area contributed by atoms with Crippen molar-refractivity contribution in [3.05, 3.63) is 48.0 Å². The Bertz CT molecular complexity index is 1640. The summed E-state index contributed by atoms with van der Waals surface area (Å²) in [5.41, 5.74) is 6.16. The molecule has 3 aromatic heterocycles. The molecular formula is C20H21N9O9S. The van der Waals surface area contributed by atoms with Crippen LogP contribution in [-0.2, 0) is 25.8 Å². The van der Waals surface area contributed by atoms with Gasteiger partial charge in [0, 0.05) is 0 Å². The van der Waals surface area contributed by atoms with E-state index in [9.17, 15) is 33.6 Å². The molecule has 4 aromatic rings. The SMILES string of the molecule is Nc1nc(-n2cc(CO)nn2)nc2c1ncn2C1OC(COS(=O)(=O)NC(=O)c2ccccc2O)C(O)C1O. The first-order chi connectivity index (χ1) is 18.6. The summed E-state index contributed by atoms with van der Waals surface area (Å²) in [5, 5.41) is 47.6. The Morgan fingerprint density at radius 3 is 2.69 bits per heavy atom. The van der Waals surface area contributed by atoms with E-state index in [0.717, 1.165) is 4.68 Å². The van der Waals surface area contributed by atoms with Crippen LogP contribution in [0.4, 0.5) is 5.82 Å². The summed E-state index contributed by atoms with van der Waals surface area (Å²) in [6.07, 6.45) is -3.26. The third kappa shape index (κ3) is 5.08. The number of nitrogens with one attached hydrogen (secondary N) is 1. The zero-order valence-corrected chi connectivity index (χ0v) is 20.5. The van der Waals surface area contributed by atoms with Gasteiger partial charge < -0.3 is 30.9 Å². The number of nitrogen functional groups attached to an aromatic ring is 1. The average Bonchev–Trinajstić information content (AvgIpc) is 3.61. The molecule has 0 saturated carbocycles. The van der Waals surface area contributed by atoms with Crippen LogP contribution in [-0.4, -0.2) is 94.2 Å². The Labute approximate surface area is 218 Å². The summed E-state index contributed by atoms with van der Waals surface area (Å²) < 4.78 is 39.0. The van der Waals surface area contributed by atoms with E-state index in [1.807, 2.05) is 0 Å². The summed E-state index contributed by atoms with van der Waals surface area (Å²) in [4.78, 5) is 24.7. The van der Waals surface area contributed by atoms with Crippen LogP contribution in [0.25, 0.3) is 17.1 Å². The van der Waals surface area contributed by atoms with Crippen molar-refractivity contribution < 1.29 is 42.6 Å². The maximum absolute atomic E-state index is 12.3. The van der Waals surface area contributed by atoms with Crippen molar-refractivity contribution in [2.75, 3.05) is 12.3 Å². The second kappa shape index (κ2) is 10.1. The number of aromatic nitrogens is 7. The number of phenolic OH excluding ortho intramolecular Hbond substituents is 1. The van der Waals surface area contributed by atoms with Crippen LogP contribution in [0.1, 0.15) is 22.3 Å². The van der Waals surface area contributed by atoms with E-state index in [-0.39, 0.29) is 40.8 Å². The lowest BCUT2D eigenvalue weighted by Gasteiger charge is -2.16. The Balaban J connectivity index is 1.33. The molecule has 1 saturated heterocycles. The number of rotatable bonds is 8. The van der Waals surface area contributed by atoms with Gasteiger partial charge in [-0.3, -0.25) is 13.5 Å². The molecule has 7 N–H and O–H groups in total. The van der Waals surface area contributed by atoms with Crippen molar-refractivity contribution in [2.24, 2.45) is 0 Å². The molecule has 206 valence electrons. The fraction of sp³-hybridized carbons (Fsp3) is 0.300.